The third-order valence-electron chi connectivity index (χ3n) is 3.78. The van der Waals surface area contributed by atoms with Crippen molar-refractivity contribution in [1.29, 1.82) is 0 Å². The van der Waals surface area contributed by atoms with Crippen molar-refractivity contribution in [3.8, 4) is 0 Å². The Hall–Kier alpha value is -1.36. The number of H-pyrrole nitrogens is 1. The highest BCUT2D eigenvalue weighted by Crippen LogP contribution is 2.29. The van der Waals surface area contributed by atoms with E-state index in [1.165, 1.54) is 32.1 Å². The Balaban J connectivity index is 1.76. The summed E-state index contributed by atoms with van der Waals surface area (Å²) in [5, 5.41) is 3.54. The van der Waals surface area contributed by atoms with Gasteiger partial charge in [0.15, 0.2) is 5.82 Å². The lowest BCUT2D eigenvalue weighted by Gasteiger charge is -2.30. The molecule has 0 radical (unpaired) electrons. The molecule has 0 amide bonds. The number of rotatable bonds is 4. The predicted molar refractivity (Wildman–Crippen MR) is 70.9 cm³/mol. The Labute approximate surface area is 107 Å². The molecular formula is C13H20N4O. The lowest BCUT2D eigenvalue weighted by Crippen LogP contribution is -2.46. The van der Waals surface area contributed by atoms with Gasteiger partial charge in [-0.05, 0) is 32.2 Å². The number of nitrogens with zero attached hydrogens (tertiary/aromatic N) is 2. The topological polar surface area (TPSA) is 61.0 Å². The molecule has 1 aliphatic heterocycles. The van der Waals surface area contributed by atoms with Crippen LogP contribution in [0.2, 0.25) is 0 Å². The second kappa shape index (κ2) is 5.10. The van der Waals surface area contributed by atoms with Crippen LogP contribution in [-0.2, 0) is 0 Å². The smallest absolute Gasteiger partial charge is 0.290 e. The Bertz CT molecular complexity index is 448. The van der Waals surface area contributed by atoms with Crippen molar-refractivity contribution in [1.82, 2.24) is 15.3 Å². The second-order valence-electron chi connectivity index (χ2n) is 5.27. The van der Waals surface area contributed by atoms with Gasteiger partial charge in [-0.2, -0.15) is 0 Å². The number of hydrogen-bond donors (Lipinski definition) is 2. The zero-order chi connectivity index (χ0) is 12.4. The molecule has 0 spiro atoms. The summed E-state index contributed by atoms with van der Waals surface area (Å²) >= 11 is 0. The van der Waals surface area contributed by atoms with E-state index in [4.69, 9.17) is 0 Å². The van der Waals surface area contributed by atoms with Crippen LogP contribution in [0.5, 0.6) is 0 Å². The fourth-order valence-electron chi connectivity index (χ4n) is 2.66. The molecule has 2 heterocycles. The van der Waals surface area contributed by atoms with Crippen molar-refractivity contribution in [2.45, 2.75) is 44.2 Å². The Morgan fingerprint density at radius 3 is 2.89 bits per heavy atom. The first kappa shape index (κ1) is 11.7. The summed E-state index contributed by atoms with van der Waals surface area (Å²) in [5.74, 6) is 0.590. The number of nitrogens with one attached hydrogen (secondary N) is 2. The summed E-state index contributed by atoms with van der Waals surface area (Å²) in [5.41, 5.74) is -0.0693. The lowest BCUT2D eigenvalue weighted by atomic mass is 10.0. The van der Waals surface area contributed by atoms with Crippen molar-refractivity contribution in [3.63, 3.8) is 0 Å². The third kappa shape index (κ3) is 2.56. The van der Waals surface area contributed by atoms with Gasteiger partial charge in [-0.3, -0.25) is 4.79 Å². The average molecular weight is 248 g/mol. The van der Waals surface area contributed by atoms with Crippen molar-refractivity contribution >= 4 is 5.82 Å². The second-order valence-corrected chi connectivity index (χ2v) is 5.27. The molecular weight excluding hydrogens is 228 g/mol. The SMILES string of the molecule is O=c1[nH]ccnc1N(CC1CCCCN1)C1CC1. The summed E-state index contributed by atoms with van der Waals surface area (Å²) in [6, 6.07) is 1.02. The van der Waals surface area contributed by atoms with Gasteiger partial charge in [0.1, 0.15) is 0 Å². The van der Waals surface area contributed by atoms with Gasteiger partial charge < -0.3 is 15.2 Å². The maximum atomic E-state index is 11.9. The normalized spacial score (nSPS) is 23.9. The van der Waals surface area contributed by atoms with E-state index in [0.29, 0.717) is 17.9 Å². The Kier molecular flexibility index (Phi) is 3.32. The largest absolute Gasteiger partial charge is 0.347 e. The van der Waals surface area contributed by atoms with Crippen LogP contribution in [0.3, 0.4) is 0 Å². The van der Waals surface area contributed by atoms with E-state index in [-0.39, 0.29) is 5.56 Å². The number of hydrogen-bond acceptors (Lipinski definition) is 4. The maximum Gasteiger partial charge on any atom is 0.290 e. The first-order valence-corrected chi connectivity index (χ1v) is 6.88. The molecule has 3 rings (SSSR count). The zero-order valence-corrected chi connectivity index (χ0v) is 10.6. The first-order valence-electron chi connectivity index (χ1n) is 6.88. The molecule has 1 aliphatic carbocycles. The van der Waals surface area contributed by atoms with Crippen LogP contribution in [0.15, 0.2) is 17.2 Å². The molecule has 5 heteroatoms. The first-order chi connectivity index (χ1) is 8.84. The highest BCUT2D eigenvalue weighted by atomic mass is 16.1. The van der Waals surface area contributed by atoms with Crippen LogP contribution in [-0.4, -0.2) is 35.1 Å². The van der Waals surface area contributed by atoms with E-state index in [9.17, 15) is 4.79 Å². The van der Waals surface area contributed by atoms with Gasteiger partial charge in [-0.1, -0.05) is 6.42 Å². The summed E-state index contributed by atoms with van der Waals surface area (Å²) in [7, 11) is 0. The van der Waals surface area contributed by atoms with Crippen LogP contribution in [0.4, 0.5) is 5.82 Å². The lowest BCUT2D eigenvalue weighted by molar-refractivity contribution is 0.397. The molecule has 0 aromatic carbocycles. The molecule has 2 aliphatic rings. The van der Waals surface area contributed by atoms with Crippen molar-refractivity contribution in [2.75, 3.05) is 18.0 Å². The number of anilines is 1. The summed E-state index contributed by atoms with van der Waals surface area (Å²) < 4.78 is 0. The Morgan fingerprint density at radius 2 is 2.22 bits per heavy atom. The summed E-state index contributed by atoms with van der Waals surface area (Å²) in [4.78, 5) is 21.0. The molecule has 98 valence electrons. The van der Waals surface area contributed by atoms with E-state index in [2.05, 4.69) is 20.2 Å². The number of aromatic nitrogens is 2. The van der Waals surface area contributed by atoms with Crippen LogP contribution in [0.25, 0.3) is 0 Å². The van der Waals surface area contributed by atoms with Crippen LogP contribution in [0, 0.1) is 0 Å². The fourth-order valence-corrected chi connectivity index (χ4v) is 2.66. The standard InChI is InChI=1S/C13H20N4O/c18-13-12(15-7-8-16-13)17(11-4-5-11)9-10-3-1-2-6-14-10/h7-8,10-11,14H,1-6,9H2,(H,16,18). The fraction of sp³-hybridized carbons (Fsp3) is 0.692. The average Bonchev–Trinajstić information content (AvgIpc) is 3.23. The van der Waals surface area contributed by atoms with E-state index >= 15 is 0 Å². The van der Waals surface area contributed by atoms with Gasteiger partial charge in [0.25, 0.3) is 5.56 Å². The summed E-state index contributed by atoms with van der Waals surface area (Å²) in [6.07, 6.45) is 9.38. The molecule has 0 bridgehead atoms. The third-order valence-corrected chi connectivity index (χ3v) is 3.78. The number of aromatic amines is 1. The van der Waals surface area contributed by atoms with Crippen LogP contribution >= 0.6 is 0 Å². The molecule has 1 unspecified atom stereocenters. The molecule has 1 atom stereocenters. The molecule has 1 aromatic heterocycles. The number of piperidine rings is 1. The highest BCUT2D eigenvalue weighted by Gasteiger charge is 2.33. The van der Waals surface area contributed by atoms with Gasteiger partial charge in [-0.15, -0.1) is 0 Å². The predicted octanol–water partition coefficient (Wildman–Crippen LogP) is 0.881. The minimum Gasteiger partial charge on any atom is -0.347 e. The van der Waals surface area contributed by atoms with Gasteiger partial charge in [0.2, 0.25) is 0 Å². The quantitative estimate of drug-likeness (QED) is 0.830. The van der Waals surface area contributed by atoms with Crippen LogP contribution in [0.1, 0.15) is 32.1 Å². The molecule has 1 saturated heterocycles. The molecule has 1 saturated carbocycles. The van der Waals surface area contributed by atoms with Crippen molar-refractivity contribution in [3.05, 3.63) is 22.7 Å². The van der Waals surface area contributed by atoms with E-state index in [1.807, 2.05) is 0 Å². The minimum atomic E-state index is -0.0693. The highest BCUT2D eigenvalue weighted by molar-refractivity contribution is 5.39. The molecule has 5 nitrogen and oxygen atoms in total. The zero-order valence-electron chi connectivity index (χ0n) is 10.6. The van der Waals surface area contributed by atoms with Crippen molar-refractivity contribution < 1.29 is 0 Å². The van der Waals surface area contributed by atoms with Crippen LogP contribution < -0.4 is 15.8 Å². The Morgan fingerprint density at radius 1 is 1.33 bits per heavy atom. The maximum absolute atomic E-state index is 11.9. The molecule has 2 N–H and O–H groups in total. The van der Waals surface area contributed by atoms with Gasteiger partial charge in [-0.25, -0.2) is 4.98 Å². The molecule has 1 aromatic rings. The van der Waals surface area contributed by atoms with E-state index in [1.54, 1.807) is 12.4 Å². The summed E-state index contributed by atoms with van der Waals surface area (Å²) in [6.45, 7) is 2.01. The minimum absolute atomic E-state index is 0.0693. The monoisotopic (exact) mass is 248 g/mol. The molecule has 2 fully saturated rings. The van der Waals surface area contributed by atoms with E-state index in [0.717, 1.165) is 13.1 Å². The van der Waals surface area contributed by atoms with Gasteiger partial charge in [0, 0.05) is 31.0 Å². The van der Waals surface area contributed by atoms with Crippen molar-refractivity contribution in [2.24, 2.45) is 0 Å². The van der Waals surface area contributed by atoms with Gasteiger partial charge in [0.05, 0.1) is 0 Å². The molecule has 18 heavy (non-hydrogen) atoms. The van der Waals surface area contributed by atoms with E-state index < -0.39 is 0 Å². The van der Waals surface area contributed by atoms with Gasteiger partial charge >= 0.3 is 0 Å².